The molecule has 36 heavy (non-hydrogen) atoms. The summed E-state index contributed by atoms with van der Waals surface area (Å²) in [6, 6.07) is 12.4. The molecule has 1 aliphatic rings. The number of rotatable bonds is 10. The molecule has 0 unspecified atom stereocenters. The first-order chi connectivity index (χ1) is 17.2. The van der Waals surface area contributed by atoms with Crippen molar-refractivity contribution in [3.63, 3.8) is 0 Å². The zero-order valence-corrected chi connectivity index (χ0v) is 21.5. The van der Waals surface area contributed by atoms with E-state index in [9.17, 15) is 9.59 Å². The maximum absolute atomic E-state index is 12.5. The van der Waals surface area contributed by atoms with Crippen LogP contribution in [0.1, 0.15) is 64.0 Å². The third-order valence-electron chi connectivity index (χ3n) is 6.46. The molecule has 0 bridgehead atoms. The zero-order chi connectivity index (χ0) is 26.1. The molecule has 194 valence electrons. The first-order valence-electron chi connectivity index (χ1n) is 12.6. The Morgan fingerprint density at radius 3 is 2.36 bits per heavy atom. The first-order valence-corrected chi connectivity index (χ1v) is 12.6. The summed E-state index contributed by atoms with van der Waals surface area (Å²) in [4.78, 5) is 24.8. The molecule has 0 spiro atoms. The van der Waals surface area contributed by atoms with Crippen molar-refractivity contribution < 1.29 is 23.8 Å². The molecule has 1 saturated carbocycles. The van der Waals surface area contributed by atoms with Crippen molar-refractivity contribution in [2.75, 3.05) is 24.7 Å². The molecule has 0 amide bonds. The van der Waals surface area contributed by atoms with Crippen molar-refractivity contribution in [1.29, 1.82) is 0 Å². The Morgan fingerprint density at radius 2 is 1.72 bits per heavy atom. The fourth-order valence-electron chi connectivity index (χ4n) is 4.34. The second-order valence-electron chi connectivity index (χ2n) is 10.0. The van der Waals surface area contributed by atoms with Gasteiger partial charge in [0.15, 0.2) is 0 Å². The summed E-state index contributed by atoms with van der Waals surface area (Å²) in [6.45, 7) is 6.95. The molecule has 0 atom stereocenters. The Hall–Kier alpha value is -3.32. The number of carbonyl (C=O) groups excluding carboxylic acids is 2. The summed E-state index contributed by atoms with van der Waals surface area (Å²) in [6.07, 6.45) is 7.67. The van der Waals surface area contributed by atoms with Crippen LogP contribution in [0.4, 0.5) is 11.4 Å². The van der Waals surface area contributed by atoms with Crippen LogP contribution in [0.5, 0.6) is 5.75 Å². The number of esters is 2. The fraction of sp³-hybridized carbons (Fsp3) is 0.448. The molecule has 1 aliphatic carbocycles. The second-order valence-corrected chi connectivity index (χ2v) is 10.0. The van der Waals surface area contributed by atoms with Gasteiger partial charge < -0.3 is 25.7 Å². The minimum atomic E-state index is -0.464. The van der Waals surface area contributed by atoms with E-state index in [4.69, 9.17) is 25.7 Å². The lowest BCUT2D eigenvalue weighted by molar-refractivity contribution is -0.141. The Morgan fingerprint density at radius 1 is 1.03 bits per heavy atom. The van der Waals surface area contributed by atoms with Gasteiger partial charge in [0.05, 0.1) is 12.0 Å². The minimum absolute atomic E-state index is 0.0892. The van der Waals surface area contributed by atoms with Gasteiger partial charge in [-0.25, -0.2) is 4.79 Å². The average Bonchev–Trinajstić information content (AvgIpc) is 2.86. The van der Waals surface area contributed by atoms with Gasteiger partial charge in [-0.2, -0.15) is 0 Å². The van der Waals surface area contributed by atoms with Crippen LogP contribution in [0.2, 0.25) is 0 Å². The molecule has 7 heteroatoms. The van der Waals surface area contributed by atoms with Crippen molar-refractivity contribution in [3.8, 4) is 5.75 Å². The van der Waals surface area contributed by atoms with Gasteiger partial charge in [0.2, 0.25) is 0 Å². The van der Waals surface area contributed by atoms with Crippen LogP contribution in [0.3, 0.4) is 0 Å². The molecular formula is C29H38N2O5. The van der Waals surface area contributed by atoms with Crippen LogP contribution in [-0.2, 0) is 24.5 Å². The standard InChI is InChI=1S/C29H38N2O5/c1-4-17-34-23-13-8-21(9-14-23)28(33)36-24-11-5-20(6-12-24)7-16-27(32)35-19-29(2,3)25-15-10-22(30)18-26(25)31/h5-7,10-12,15-16,18,21,23H,4,8-9,13-14,17,19,30-31H2,1-3H3. The van der Waals surface area contributed by atoms with Crippen molar-refractivity contribution in [2.24, 2.45) is 5.92 Å². The number of anilines is 2. The van der Waals surface area contributed by atoms with Crippen molar-refractivity contribution in [2.45, 2.75) is 64.4 Å². The SMILES string of the molecule is CCCOC1CCC(C(=O)Oc2ccc(C=CC(=O)OCC(C)(C)c3ccc(N)cc3N)cc2)CC1. The molecule has 3 rings (SSSR count). The molecule has 0 aromatic heterocycles. The second kappa shape index (κ2) is 12.6. The number of nitrogen functional groups attached to an aromatic ring is 2. The van der Waals surface area contributed by atoms with E-state index >= 15 is 0 Å². The zero-order valence-electron chi connectivity index (χ0n) is 21.5. The van der Waals surface area contributed by atoms with E-state index < -0.39 is 11.4 Å². The van der Waals surface area contributed by atoms with Crippen molar-refractivity contribution >= 4 is 29.4 Å². The maximum atomic E-state index is 12.5. The molecule has 0 saturated heterocycles. The Labute approximate surface area is 213 Å². The quantitative estimate of drug-likeness (QED) is 0.200. The number of hydrogen-bond donors (Lipinski definition) is 2. The fourth-order valence-corrected chi connectivity index (χ4v) is 4.34. The van der Waals surface area contributed by atoms with E-state index in [2.05, 4.69) is 6.92 Å². The van der Waals surface area contributed by atoms with E-state index in [0.717, 1.165) is 49.8 Å². The minimum Gasteiger partial charge on any atom is -0.462 e. The molecule has 4 N–H and O–H groups in total. The van der Waals surface area contributed by atoms with Gasteiger partial charge in [0.1, 0.15) is 12.4 Å². The Balaban J connectivity index is 1.45. The number of nitrogens with two attached hydrogens (primary N) is 2. The lowest BCUT2D eigenvalue weighted by atomic mass is 9.84. The molecule has 1 fully saturated rings. The summed E-state index contributed by atoms with van der Waals surface area (Å²) < 4.78 is 16.8. The summed E-state index contributed by atoms with van der Waals surface area (Å²) in [5.41, 5.74) is 14.2. The summed E-state index contributed by atoms with van der Waals surface area (Å²) in [5.74, 6) is -0.244. The first kappa shape index (κ1) is 27.3. The largest absolute Gasteiger partial charge is 0.462 e. The monoisotopic (exact) mass is 494 g/mol. The molecule has 0 radical (unpaired) electrons. The van der Waals surface area contributed by atoms with Gasteiger partial charge in [0, 0.05) is 29.5 Å². The maximum Gasteiger partial charge on any atom is 0.330 e. The van der Waals surface area contributed by atoms with Gasteiger partial charge >= 0.3 is 11.9 Å². The van der Waals surface area contributed by atoms with Gasteiger partial charge in [-0.1, -0.05) is 39.0 Å². The van der Waals surface area contributed by atoms with Crippen molar-refractivity contribution in [3.05, 3.63) is 59.7 Å². The predicted molar refractivity (Wildman–Crippen MR) is 142 cm³/mol. The average molecular weight is 495 g/mol. The van der Waals surface area contributed by atoms with Crippen LogP contribution in [0, 0.1) is 5.92 Å². The highest BCUT2D eigenvalue weighted by Gasteiger charge is 2.28. The third-order valence-corrected chi connectivity index (χ3v) is 6.46. The molecule has 0 heterocycles. The van der Waals surface area contributed by atoms with Gasteiger partial charge in [0.25, 0.3) is 0 Å². The van der Waals surface area contributed by atoms with Crippen LogP contribution < -0.4 is 16.2 Å². The topological polar surface area (TPSA) is 114 Å². The van der Waals surface area contributed by atoms with Gasteiger partial charge in [-0.15, -0.1) is 0 Å². The number of hydrogen-bond acceptors (Lipinski definition) is 7. The highest BCUT2D eigenvalue weighted by molar-refractivity contribution is 5.87. The Bertz CT molecular complexity index is 1050. The molecule has 0 aliphatic heterocycles. The van der Waals surface area contributed by atoms with E-state index in [0.29, 0.717) is 17.1 Å². The van der Waals surface area contributed by atoms with E-state index in [-0.39, 0.29) is 24.6 Å². The smallest absolute Gasteiger partial charge is 0.330 e. The molecule has 2 aromatic rings. The lowest BCUT2D eigenvalue weighted by Gasteiger charge is -2.27. The summed E-state index contributed by atoms with van der Waals surface area (Å²) >= 11 is 0. The van der Waals surface area contributed by atoms with E-state index in [1.165, 1.54) is 6.08 Å². The number of ether oxygens (including phenoxy) is 3. The normalized spacial score (nSPS) is 18.2. The lowest BCUT2D eigenvalue weighted by Crippen LogP contribution is -2.29. The summed E-state index contributed by atoms with van der Waals surface area (Å²) in [5, 5.41) is 0. The third kappa shape index (κ3) is 7.85. The summed E-state index contributed by atoms with van der Waals surface area (Å²) in [7, 11) is 0. The number of benzene rings is 2. The van der Waals surface area contributed by atoms with Gasteiger partial charge in [-0.05, 0) is 73.6 Å². The van der Waals surface area contributed by atoms with E-state index in [1.54, 1.807) is 42.5 Å². The van der Waals surface area contributed by atoms with Crippen LogP contribution >= 0.6 is 0 Å². The highest BCUT2D eigenvalue weighted by atomic mass is 16.5. The predicted octanol–water partition coefficient (Wildman–Crippen LogP) is 5.28. The number of carbonyl (C=O) groups is 2. The van der Waals surface area contributed by atoms with Crippen LogP contribution in [0.15, 0.2) is 48.5 Å². The van der Waals surface area contributed by atoms with Crippen LogP contribution in [0.25, 0.3) is 6.08 Å². The van der Waals surface area contributed by atoms with Crippen LogP contribution in [-0.4, -0.2) is 31.3 Å². The molecular weight excluding hydrogens is 456 g/mol. The van der Waals surface area contributed by atoms with Gasteiger partial charge in [-0.3, -0.25) is 4.79 Å². The highest BCUT2D eigenvalue weighted by Crippen LogP contribution is 2.30. The molecule has 2 aromatic carbocycles. The van der Waals surface area contributed by atoms with Crippen molar-refractivity contribution in [1.82, 2.24) is 0 Å². The Kier molecular flexibility index (Phi) is 9.53. The van der Waals surface area contributed by atoms with E-state index in [1.807, 2.05) is 19.9 Å². The molecule has 7 nitrogen and oxygen atoms in total.